The summed E-state index contributed by atoms with van der Waals surface area (Å²) in [5.74, 6) is 0.357. The van der Waals surface area contributed by atoms with E-state index in [9.17, 15) is 4.79 Å². The normalized spacial score (nSPS) is 11.5. The smallest absolute Gasteiger partial charge is 0.306 e. The summed E-state index contributed by atoms with van der Waals surface area (Å²) in [5.41, 5.74) is 0. The number of esters is 1. The van der Waals surface area contributed by atoms with Gasteiger partial charge >= 0.3 is 5.97 Å². The lowest BCUT2D eigenvalue weighted by Gasteiger charge is -2.06. The number of carbonyl (C=O) groups is 1. The Hall–Kier alpha value is -0.790. The molecule has 0 rings (SSSR count). The molecular formula is C23H44O2. The molecule has 0 bridgehead atoms. The molecule has 0 heterocycles. The van der Waals surface area contributed by atoms with Crippen molar-refractivity contribution in [3.63, 3.8) is 0 Å². The zero-order valence-corrected chi connectivity index (χ0v) is 17.4. The van der Waals surface area contributed by atoms with Gasteiger partial charge in [0, 0.05) is 6.42 Å². The summed E-state index contributed by atoms with van der Waals surface area (Å²) in [6, 6.07) is 0. The van der Waals surface area contributed by atoms with Crippen LogP contribution in [0.3, 0.4) is 0 Å². The van der Waals surface area contributed by atoms with Gasteiger partial charge in [-0.25, -0.2) is 0 Å². The van der Waals surface area contributed by atoms with Gasteiger partial charge in [-0.15, -0.1) is 0 Å². The minimum atomic E-state index is -0.0391. The molecule has 2 nitrogen and oxygen atoms in total. The third-order valence-corrected chi connectivity index (χ3v) is 4.49. The van der Waals surface area contributed by atoms with Gasteiger partial charge in [-0.3, -0.25) is 4.79 Å². The van der Waals surface area contributed by atoms with E-state index < -0.39 is 0 Å². The summed E-state index contributed by atoms with van der Waals surface area (Å²) in [4.78, 5) is 11.4. The van der Waals surface area contributed by atoms with Crippen molar-refractivity contribution in [2.75, 3.05) is 6.61 Å². The topological polar surface area (TPSA) is 26.3 Å². The van der Waals surface area contributed by atoms with Crippen LogP contribution in [0, 0.1) is 5.92 Å². The van der Waals surface area contributed by atoms with Crippen molar-refractivity contribution in [3.8, 4) is 0 Å². The molecule has 0 aliphatic heterocycles. The number of hydrogen-bond donors (Lipinski definition) is 0. The average molecular weight is 353 g/mol. The molecule has 0 saturated carbocycles. The Morgan fingerprint density at radius 2 is 1.24 bits per heavy atom. The van der Waals surface area contributed by atoms with Crippen molar-refractivity contribution in [3.05, 3.63) is 12.2 Å². The van der Waals surface area contributed by atoms with Crippen LogP contribution < -0.4 is 0 Å². The van der Waals surface area contributed by atoms with Crippen LogP contribution in [0.15, 0.2) is 12.2 Å². The molecule has 0 aromatic heterocycles. The highest BCUT2D eigenvalue weighted by atomic mass is 16.5. The maximum absolute atomic E-state index is 11.4. The number of hydrogen-bond acceptors (Lipinski definition) is 2. The minimum Gasteiger partial charge on any atom is -0.466 e. The van der Waals surface area contributed by atoms with E-state index in [1.54, 1.807) is 0 Å². The van der Waals surface area contributed by atoms with Gasteiger partial charge in [0.15, 0.2) is 0 Å². The second-order valence-electron chi connectivity index (χ2n) is 7.76. The van der Waals surface area contributed by atoms with E-state index in [0.29, 0.717) is 18.9 Å². The van der Waals surface area contributed by atoms with Crippen LogP contribution in [0.4, 0.5) is 0 Å². The summed E-state index contributed by atoms with van der Waals surface area (Å²) >= 11 is 0. The molecular weight excluding hydrogens is 308 g/mol. The molecule has 0 N–H and O–H groups in total. The molecule has 0 saturated heterocycles. The highest BCUT2D eigenvalue weighted by Gasteiger charge is 2.05. The lowest BCUT2D eigenvalue weighted by molar-refractivity contribution is -0.144. The van der Waals surface area contributed by atoms with E-state index in [4.69, 9.17) is 4.74 Å². The highest BCUT2D eigenvalue weighted by molar-refractivity contribution is 5.69. The third kappa shape index (κ3) is 21.2. The molecule has 0 aromatic rings. The Kier molecular flexibility index (Phi) is 18.9. The number of allylic oxidation sites excluding steroid dienone is 2. The summed E-state index contributed by atoms with van der Waals surface area (Å²) < 4.78 is 5.22. The standard InChI is InChI=1S/C23H44O2/c1-4-5-6-7-8-9-10-11-12-13-14-15-16-17-18-19-20-25-23(24)21-22(2)3/h11-12,22H,4-10,13-21H2,1-3H3/b12-11-. The van der Waals surface area contributed by atoms with Crippen LogP contribution in [0.2, 0.25) is 0 Å². The molecule has 0 radical (unpaired) electrons. The molecule has 0 aliphatic carbocycles. The van der Waals surface area contributed by atoms with Crippen LogP contribution in [-0.2, 0) is 9.53 Å². The van der Waals surface area contributed by atoms with Gasteiger partial charge in [0.05, 0.1) is 6.61 Å². The number of rotatable bonds is 18. The quantitative estimate of drug-likeness (QED) is 0.144. The van der Waals surface area contributed by atoms with Crippen molar-refractivity contribution < 1.29 is 9.53 Å². The molecule has 0 amide bonds. The fourth-order valence-corrected chi connectivity index (χ4v) is 2.93. The first-order chi connectivity index (χ1) is 12.2. The van der Waals surface area contributed by atoms with E-state index in [2.05, 4.69) is 19.1 Å². The lowest BCUT2D eigenvalue weighted by atomic mass is 10.1. The van der Waals surface area contributed by atoms with E-state index in [1.165, 1.54) is 83.5 Å². The van der Waals surface area contributed by atoms with Crippen LogP contribution in [0.5, 0.6) is 0 Å². The van der Waals surface area contributed by atoms with Gasteiger partial charge < -0.3 is 4.74 Å². The number of ether oxygens (including phenoxy) is 1. The minimum absolute atomic E-state index is 0.0391. The molecule has 0 aliphatic rings. The molecule has 148 valence electrons. The summed E-state index contributed by atoms with van der Waals surface area (Å²) in [6.07, 6.45) is 23.6. The van der Waals surface area contributed by atoms with Gasteiger partial charge in [0.25, 0.3) is 0 Å². The largest absolute Gasteiger partial charge is 0.466 e. The lowest BCUT2D eigenvalue weighted by Crippen LogP contribution is -2.08. The predicted octanol–water partition coefficient (Wildman–Crippen LogP) is 7.61. The monoisotopic (exact) mass is 352 g/mol. The third-order valence-electron chi connectivity index (χ3n) is 4.49. The van der Waals surface area contributed by atoms with Gasteiger partial charge in [0.1, 0.15) is 0 Å². The Bertz CT molecular complexity index is 307. The highest BCUT2D eigenvalue weighted by Crippen LogP contribution is 2.10. The van der Waals surface area contributed by atoms with E-state index in [-0.39, 0.29) is 5.97 Å². The van der Waals surface area contributed by atoms with E-state index in [0.717, 1.165) is 6.42 Å². The van der Waals surface area contributed by atoms with Crippen LogP contribution >= 0.6 is 0 Å². The van der Waals surface area contributed by atoms with Crippen molar-refractivity contribution in [2.24, 2.45) is 5.92 Å². The second kappa shape index (κ2) is 19.5. The summed E-state index contributed by atoms with van der Waals surface area (Å²) in [6.45, 7) is 6.97. The average Bonchev–Trinajstić information content (AvgIpc) is 2.57. The van der Waals surface area contributed by atoms with Crippen LogP contribution in [0.1, 0.15) is 117 Å². The molecule has 0 spiro atoms. The zero-order valence-electron chi connectivity index (χ0n) is 17.4. The van der Waals surface area contributed by atoms with E-state index >= 15 is 0 Å². The number of unbranched alkanes of at least 4 members (excludes halogenated alkanes) is 12. The molecule has 0 atom stereocenters. The van der Waals surface area contributed by atoms with E-state index in [1.807, 2.05) is 13.8 Å². The van der Waals surface area contributed by atoms with Gasteiger partial charge in [0.2, 0.25) is 0 Å². The van der Waals surface area contributed by atoms with Crippen molar-refractivity contribution >= 4 is 5.97 Å². The first-order valence-electron chi connectivity index (χ1n) is 11.0. The Balaban J connectivity index is 3.16. The molecule has 0 aromatic carbocycles. The molecule has 0 unspecified atom stereocenters. The predicted molar refractivity (Wildman–Crippen MR) is 110 cm³/mol. The maximum atomic E-state index is 11.4. The van der Waals surface area contributed by atoms with Gasteiger partial charge in [-0.2, -0.15) is 0 Å². The zero-order chi connectivity index (χ0) is 18.6. The van der Waals surface area contributed by atoms with Gasteiger partial charge in [-0.1, -0.05) is 90.7 Å². The first-order valence-corrected chi connectivity index (χ1v) is 11.0. The summed E-state index contributed by atoms with van der Waals surface area (Å²) in [5, 5.41) is 0. The fourth-order valence-electron chi connectivity index (χ4n) is 2.93. The Labute approximate surface area is 157 Å². The Morgan fingerprint density at radius 1 is 0.760 bits per heavy atom. The number of carbonyl (C=O) groups excluding carboxylic acids is 1. The van der Waals surface area contributed by atoms with Crippen molar-refractivity contribution in [1.29, 1.82) is 0 Å². The second-order valence-corrected chi connectivity index (χ2v) is 7.76. The SMILES string of the molecule is CCCCCCCC/C=C\CCCCCCCCOC(=O)CC(C)C. The Morgan fingerprint density at radius 3 is 1.76 bits per heavy atom. The molecule has 2 heteroatoms. The van der Waals surface area contributed by atoms with Crippen LogP contribution in [0.25, 0.3) is 0 Å². The molecule has 0 fully saturated rings. The van der Waals surface area contributed by atoms with Crippen LogP contribution in [-0.4, -0.2) is 12.6 Å². The first kappa shape index (κ1) is 24.2. The maximum Gasteiger partial charge on any atom is 0.306 e. The van der Waals surface area contributed by atoms with Gasteiger partial charge in [-0.05, 0) is 38.0 Å². The summed E-state index contributed by atoms with van der Waals surface area (Å²) in [7, 11) is 0. The molecule has 25 heavy (non-hydrogen) atoms. The fraction of sp³-hybridized carbons (Fsp3) is 0.870. The van der Waals surface area contributed by atoms with Crippen molar-refractivity contribution in [1.82, 2.24) is 0 Å². The van der Waals surface area contributed by atoms with Crippen molar-refractivity contribution in [2.45, 2.75) is 117 Å².